The predicted octanol–water partition coefficient (Wildman–Crippen LogP) is 1.87. The SMILES string of the molecule is C#CC(CC)(CC)NC(=O)CN(C)CC(=O)Nc1ccc(OC)cc1. The van der Waals surface area contributed by atoms with Crippen molar-refractivity contribution in [2.24, 2.45) is 0 Å². The summed E-state index contributed by atoms with van der Waals surface area (Å²) in [6.45, 7) is 4.07. The molecule has 25 heavy (non-hydrogen) atoms. The number of nitrogens with zero attached hydrogens (tertiary/aromatic N) is 1. The van der Waals surface area contributed by atoms with Crippen LogP contribution in [0.1, 0.15) is 26.7 Å². The lowest BCUT2D eigenvalue weighted by atomic mass is 9.94. The quantitative estimate of drug-likeness (QED) is 0.671. The molecule has 0 aromatic heterocycles. The lowest BCUT2D eigenvalue weighted by Gasteiger charge is -2.28. The zero-order chi connectivity index (χ0) is 18.9. The molecule has 6 heteroatoms. The van der Waals surface area contributed by atoms with Gasteiger partial charge in [0.15, 0.2) is 0 Å². The molecule has 1 aromatic rings. The van der Waals surface area contributed by atoms with Crippen LogP contribution in [-0.4, -0.2) is 49.5 Å². The van der Waals surface area contributed by atoms with Crippen LogP contribution in [0.5, 0.6) is 5.75 Å². The third-order valence-corrected chi connectivity index (χ3v) is 4.06. The van der Waals surface area contributed by atoms with Crippen molar-refractivity contribution in [3.8, 4) is 18.1 Å². The molecule has 0 saturated carbocycles. The van der Waals surface area contributed by atoms with Crippen molar-refractivity contribution in [2.45, 2.75) is 32.2 Å². The molecule has 0 fully saturated rings. The molecule has 6 nitrogen and oxygen atoms in total. The molecular formula is C19H27N3O3. The first-order valence-electron chi connectivity index (χ1n) is 8.29. The highest BCUT2D eigenvalue weighted by molar-refractivity contribution is 5.92. The van der Waals surface area contributed by atoms with Gasteiger partial charge in [-0.1, -0.05) is 19.8 Å². The number of likely N-dealkylation sites (N-methyl/N-ethyl adjacent to an activating group) is 1. The third-order valence-electron chi connectivity index (χ3n) is 4.06. The molecule has 0 saturated heterocycles. The first-order chi connectivity index (χ1) is 11.9. The van der Waals surface area contributed by atoms with Crippen molar-refractivity contribution in [1.29, 1.82) is 0 Å². The molecule has 2 N–H and O–H groups in total. The Morgan fingerprint density at radius 2 is 1.72 bits per heavy atom. The first-order valence-corrected chi connectivity index (χ1v) is 8.29. The Bertz CT molecular complexity index is 616. The van der Waals surface area contributed by atoms with Gasteiger partial charge in [0.05, 0.1) is 20.2 Å². The first kappa shape index (κ1) is 20.5. The van der Waals surface area contributed by atoms with Gasteiger partial charge >= 0.3 is 0 Å². The minimum absolute atomic E-state index is 0.0967. The number of carbonyl (C=O) groups excluding carboxylic acids is 2. The van der Waals surface area contributed by atoms with Crippen molar-refractivity contribution >= 4 is 17.5 Å². The van der Waals surface area contributed by atoms with E-state index in [9.17, 15) is 9.59 Å². The number of anilines is 1. The number of ether oxygens (including phenoxy) is 1. The van der Waals surface area contributed by atoms with Gasteiger partial charge in [-0.05, 0) is 44.2 Å². The Hall–Kier alpha value is -2.52. The molecule has 0 aliphatic carbocycles. The number of hydrogen-bond donors (Lipinski definition) is 2. The number of carbonyl (C=O) groups is 2. The van der Waals surface area contributed by atoms with Crippen LogP contribution in [0.4, 0.5) is 5.69 Å². The van der Waals surface area contributed by atoms with E-state index in [0.717, 1.165) is 5.75 Å². The van der Waals surface area contributed by atoms with E-state index >= 15 is 0 Å². The largest absolute Gasteiger partial charge is 0.497 e. The number of rotatable bonds is 9. The van der Waals surface area contributed by atoms with E-state index in [2.05, 4.69) is 16.6 Å². The van der Waals surface area contributed by atoms with Crippen molar-refractivity contribution in [3.63, 3.8) is 0 Å². The molecule has 136 valence electrons. The Labute approximate surface area is 149 Å². The molecular weight excluding hydrogens is 318 g/mol. The van der Waals surface area contributed by atoms with E-state index in [1.807, 2.05) is 13.8 Å². The van der Waals surface area contributed by atoms with Crippen LogP contribution in [0.25, 0.3) is 0 Å². The normalized spacial score (nSPS) is 10.9. The maximum atomic E-state index is 12.2. The van der Waals surface area contributed by atoms with E-state index in [0.29, 0.717) is 18.5 Å². The average molecular weight is 345 g/mol. The van der Waals surface area contributed by atoms with E-state index < -0.39 is 5.54 Å². The molecule has 0 radical (unpaired) electrons. The Kier molecular flexibility index (Phi) is 7.96. The zero-order valence-corrected chi connectivity index (χ0v) is 15.4. The fourth-order valence-electron chi connectivity index (χ4n) is 2.39. The van der Waals surface area contributed by atoms with Gasteiger partial charge in [0.1, 0.15) is 11.3 Å². The van der Waals surface area contributed by atoms with E-state index in [4.69, 9.17) is 11.2 Å². The summed E-state index contributed by atoms with van der Waals surface area (Å²) in [7, 11) is 3.29. The number of benzene rings is 1. The van der Waals surface area contributed by atoms with Crippen LogP contribution in [0.3, 0.4) is 0 Å². The van der Waals surface area contributed by atoms with Crippen LogP contribution < -0.4 is 15.4 Å². The zero-order valence-electron chi connectivity index (χ0n) is 15.4. The van der Waals surface area contributed by atoms with Gasteiger partial charge in [-0.25, -0.2) is 0 Å². The lowest BCUT2D eigenvalue weighted by Crippen LogP contribution is -2.50. The van der Waals surface area contributed by atoms with Crippen LogP contribution in [0.2, 0.25) is 0 Å². The van der Waals surface area contributed by atoms with Crippen LogP contribution in [0.15, 0.2) is 24.3 Å². The van der Waals surface area contributed by atoms with Gasteiger partial charge in [-0.3, -0.25) is 14.5 Å². The van der Waals surface area contributed by atoms with Gasteiger partial charge in [-0.15, -0.1) is 6.42 Å². The van der Waals surface area contributed by atoms with Crippen molar-refractivity contribution in [2.75, 3.05) is 32.6 Å². The fraction of sp³-hybridized carbons (Fsp3) is 0.474. The molecule has 0 heterocycles. The van der Waals surface area contributed by atoms with E-state index in [-0.39, 0.29) is 24.9 Å². The van der Waals surface area contributed by atoms with Gasteiger partial charge in [0.25, 0.3) is 0 Å². The molecule has 1 aromatic carbocycles. The molecule has 0 bridgehead atoms. The van der Waals surface area contributed by atoms with Crippen LogP contribution in [-0.2, 0) is 9.59 Å². The van der Waals surface area contributed by atoms with E-state index in [1.54, 1.807) is 43.3 Å². The summed E-state index contributed by atoms with van der Waals surface area (Å²) in [5.74, 6) is 2.99. The fourth-order valence-corrected chi connectivity index (χ4v) is 2.39. The number of nitrogens with one attached hydrogen (secondary N) is 2. The van der Waals surface area contributed by atoms with Gasteiger partial charge in [0, 0.05) is 5.69 Å². The summed E-state index contributed by atoms with van der Waals surface area (Å²) in [4.78, 5) is 25.9. The summed E-state index contributed by atoms with van der Waals surface area (Å²) in [6.07, 6.45) is 6.86. The second-order valence-electron chi connectivity index (χ2n) is 5.93. The van der Waals surface area contributed by atoms with E-state index in [1.165, 1.54) is 0 Å². The minimum atomic E-state index is -0.622. The highest BCUT2D eigenvalue weighted by Gasteiger charge is 2.25. The second-order valence-corrected chi connectivity index (χ2v) is 5.93. The number of hydrogen-bond acceptors (Lipinski definition) is 4. The standard InChI is InChI=1S/C19H27N3O3/c1-6-19(7-2,8-3)21-18(24)14-22(4)13-17(23)20-15-9-11-16(25-5)12-10-15/h1,9-12H,7-8,13-14H2,2-5H3,(H,20,23)(H,21,24). The number of methoxy groups -OCH3 is 1. The third kappa shape index (κ3) is 6.48. The topological polar surface area (TPSA) is 70.7 Å². The Morgan fingerprint density at radius 3 is 2.20 bits per heavy atom. The van der Waals surface area contributed by atoms with Gasteiger partial charge in [0.2, 0.25) is 11.8 Å². The summed E-state index contributed by atoms with van der Waals surface area (Å²) >= 11 is 0. The predicted molar refractivity (Wildman–Crippen MR) is 99.4 cm³/mol. The molecule has 0 unspecified atom stereocenters. The maximum absolute atomic E-state index is 12.2. The molecule has 0 spiro atoms. The summed E-state index contributed by atoms with van der Waals surface area (Å²) in [6, 6.07) is 7.05. The van der Waals surface area contributed by atoms with Crippen LogP contribution >= 0.6 is 0 Å². The number of terminal acetylenes is 1. The monoisotopic (exact) mass is 345 g/mol. The van der Waals surface area contributed by atoms with Crippen molar-refractivity contribution in [3.05, 3.63) is 24.3 Å². The number of amides is 2. The average Bonchev–Trinajstić information content (AvgIpc) is 2.60. The van der Waals surface area contributed by atoms with Crippen molar-refractivity contribution < 1.29 is 14.3 Å². The lowest BCUT2D eigenvalue weighted by molar-refractivity contribution is -0.124. The summed E-state index contributed by atoms with van der Waals surface area (Å²) in [5, 5.41) is 5.66. The molecule has 0 atom stereocenters. The second kappa shape index (κ2) is 9.70. The van der Waals surface area contributed by atoms with Gasteiger partial charge < -0.3 is 15.4 Å². The molecule has 1 rings (SSSR count). The highest BCUT2D eigenvalue weighted by atomic mass is 16.5. The van der Waals surface area contributed by atoms with Crippen molar-refractivity contribution in [1.82, 2.24) is 10.2 Å². The molecule has 0 aliphatic heterocycles. The highest BCUT2D eigenvalue weighted by Crippen LogP contribution is 2.15. The molecule has 2 amide bonds. The summed E-state index contributed by atoms with van der Waals surface area (Å²) in [5.41, 5.74) is 0.0514. The summed E-state index contributed by atoms with van der Waals surface area (Å²) < 4.78 is 5.07. The molecule has 0 aliphatic rings. The maximum Gasteiger partial charge on any atom is 0.238 e. The smallest absolute Gasteiger partial charge is 0.238 e. The van der Waals surface area contributed by atoms with Crippen LogP contribution in [0, 0.1) is 12.3 Å². The van der Waals surface area contributed by atoms with Gasteiger partial charge in [-0.2, -0.15) is 0 Å². The Balaban J connectivity index is 2.49. The Morgan fingerprint density at radius 1 is 1.16 bits per heavy atom. The minimum Gasteiger partial charge on any atom is -0.497 e.